The predicted molar refractivity (Wildman–Crippen MR) is 61.3 cm³/mol. The van der Waals surface area contributed by atoms with Crippen LogP contribution in [0.1, 0.15) is 43.7 Å². The number of aryl methyl sites for hydroxylation is 1. The molecule has 0 aliphatic carbocycles. The van der Waals surface area contributed by atoms with E-state index in [1.807, 2.05) is 26.0 Å². The number of aliphatic carboxylic acids is 1. The molecule has 1 heterocycles. The van der Waals surface area contributed by atoms with Crippen LogP contribution in [0, 0.1) is 6.92 Å². The van der Waals surface area contributed by atoms with Crippen molar-refractivity contribution >= 4 is 5.97 Å². The average molecular weight is 225 g/mol. The van der Waals surface area contributed by atoms with Crippen molar-refractivity contribution in [3.8, 4) is 0 Å². The summed E-state index contributed by atoms with van der Waals surface area (Å²) in [6.07, 6.45) is 1.83. The van der Waals surface area contributed by atoms with E-state index in [0.717, 1.165) is 24.5 Å². The summed E-state index contributed by atoms with van der Waals surface area (Å²) in [6, 6.07) is 4.08. The molecule has 90 valence electrons. The Bertz CT molecular complexity index is 333. The van der Waals surface area contributed by atoms with Gasteiger partial charge in [0, 0.05) is 6.42 Å². The molecule has 1 aromatic heterocycles. The second kappa shape index (κ2) is 6.33. The molecule has 1 unspecified atom stereocenters. The van der Waals surface area contributed by atoms with E-state index in [1.165, 1.54) is 0 Å². The Kier molecular flexibility index (Phi) is 5.05. The monoisotopic (exact) mass is 225 g/mol. The number of carboxylic acids is 1. The number of rotatable bonds is 7. The van der Waals surface area contributed by atoms with E-state index in [2.05, 4.69) is 5.32 Å². The van der Waals surface area contributed by atoms with Gasteiger partial charge in [-0.2, -0.15) is 0 Å². The normalized spacial score (nSPS) is 12.6. The molecule has 0 aliphatic rings. The molecule has 1 rings (SSSR count). The molecule has 0 saturated carbocycles. The van der Waals surface area contributed by atoms with Crippen molar-refractivity contribution in [1.29, 1.82) is 0 Å². The topological polar surface area (TPSA) is 62.5 Å². The van der Waals surface area contributed by atoms with E-state index < -0.39 is 5.97 Å². The predicted octanol–water partition coefficient (Wildman–Crippen LogP) is 2.49. The van der Waals surface area contributed by atoms with Crippen LogP contribution in [0.5, 0.6) is 0 Å². The minimum atomic E-state index is -0.727. The van der Waals surface area contributed by atoms with E-state index in [-0.39, 0.29) is 12.5 Å². The Morgan fingerprint density at radius 3 is 2.81 bits per heavy atom. The van der Waals surface area contributed by atoms with Crippen LogP contribution < -0.4 is 5.32 Å². The standard InChI is InChI=1S/C12H19NO3/c1-9-6-7-11(16-9)10(2)13-8-4-3-5-12(14)15/h6-7,10,13H,3-5,8H2,1-2H3,(H,14,15). The number of carboxylic acid groups (broad SMARTS) is 1. The smallest absolute Gasteiger partial charge is 0.303 e. The number of hydrogen-bond acceptors (Lipinski definition) is 3. The average Bonchev–Trinajstić information content (AvgIpc) is 2.63. The Labute approximate surface area is 95.7 Å². The molecule has 16 heavy (non-hydrogen) atoms. The molecule has 0 aromatic carbocycles. The number of unbranched alkanes of at least 4 members (excludes halogenated alkanes) is 1. The summed E-state index contributed by atoms with van der Waals surface area (Å²) in [5, 5.41) is 11.8. The molecule has 2 N–H and O–H groups in total. The molecule has 0 radical (unpaired) electrons. The number of furan rings is 1. The molecule has 4 heteroatoms. The summed E-state index contributed by atoms with van der Waals surface area (Å²) >= 11 is 0. The Morgan fingerprint density at radius 1 is 1.50 bits per heavy atom. The van der Waals surface area contributed by atoms with Gasteiger partial charge in [-0.15, -0.1) is 0 Å². The lowest BCUT2D eigenvalue weighted by Crippen LogP contribution is -2.19. The van der Waals surface area contributed by atoms with Gasteiger partial charge >= 0.3 is 5.97 Å². The van der Waals surface area contributed by atoms with Crippen LogP contribution in [0.15, 0.2) is 16.5 Å². The highest BCUT2D eigenvalue weighted by atomic mass is 16.4. The summed E-state index contributed by atoms with van der Waals surface area (Å²) in [7, 11) is 0. The molecule has 1 atom stereocenters. The van der Waals surface area contributed by atoms with E-state index in [1.54, 1.807) is 0 Å². The van der Waals surface area contributed by atoms with Crippen LogP contribution in [0.4, 0.5) is 0 Å². The van der Waals surface area contributed by atoms with Crippen molar-refractivity contribution in [3.05, 3.63) is 23.7 Å². The minimum absolute atomic E-state index is 0.179. The fourth-order valence-corrected chi connectivity index (χ4v) is 1.51. The van der Waals surface area contributed by atoms with E-state index >= 15 is 0 Å². The SMILES string of the molecule is Cc1ccc(C(C)NCCCCC(=O)O)o1. The lowest BCUT2D eigenvalue weighted by atomic mass is 10.2. The molecule has 0 bridgehead atoms. The van der Waals surface area contributed by atoms with Gasteiger partial charge in [0.05, 0.1) is 6.04 Å². The lowest BCUT2D eigenvalue weighted by Gasteiger charge is -2.10. The highest BCUT2D eigenvalue weighted by molar-refractivity contribution is 5.66. The van der Waals surface area contributed by atoms with Crippen molar-refractivity contribution in [2.75, 3.05) is 6.54 Å². The summed E-state index contributed by atoms with van der Waals surface area (Å²) in [5.74, 6) is 1.11. The Morgan fingerprint density at radius 2 is 2.25 bits per heavy atom. The van der Waals surface area contributed by atoms with Gasteiger partial charge in [0.15, 0.2) is 0 Å². The summed E-state index contributed by atoms with van der Waals surface area (Å²) in [4.78, 5) is 10.3. The Balaban J connectivity index is 2.15. The first kappa shape index (κ1) is 12.8. The van der Waals surface area contributed by atoms with Crippen LogP contribution in [0.25, 0.3) is 0 Å². The maximum absolute atomic E-state index is 10.3. The summed E-state index contributed by atoms with van der Waals surface area (Å²) in [6.45, 7) is 4.77. The van der Waals surface area contributed by atoms with Crippen LogP contribution in [-0.4, -0.2) is 17.6 Å². The minimum Gasteiger partial charge on any atom is -0.481 e. The Hall–Kier alpha value is -1.29. The molecule has 0 spiro atoms. The van der Waals surface area contributed by atoms with Gasteiger partial charge in [-0.1, -0.05) is 0 Å². The van der Waals surface area contributed by atoms with E-state index in [0.29, 0.717) is 6.42 Å². The largest absolute Gasteiger partial charge is 0.481 e. The van der Waals surface area contributed by atoms with Crippen LogP contribution in [-0.2, 0) is 4.79 Å². The van der Waals surface area contributed by atoms with Gasteiger partial charge in [-0.05, 0) is 45.4 Å². The molecule has 0 saturated heterocycles. The van der Waals surface area contributed by atoms with E-state index in [9.17, 15) is 4.79 Å². The number of hydrogen-bond donors (Lipinski definition) is 2. The third-order valence-electron chi connectivity index (χ3n) is 2.46. The first-order chi connectivity index (χ1) is 7.59. The highest BCUT2D eigenvalue weighted by Gasteiger charge is 2.07. The molecular formula is C12H19NO3. The van der Waals surface area contributed by atoms with Crippen LogP contribution in [0.2, 0.25) is 0 Å². The van der Waals surface area contributed by atoms with Gasteiger partial charge in [-0.3, -0.25) is 4.79 Å². The van der Waals surface area contributed by atoms with Gasteiger partial charge in [0.1, 0.15) is 11.5 Å². The maximum Gasteiger partial charge on any atom is 0.303 e. The molecular weight excluding hydrogens is 206 g/mol. The highest BCUT2D eigenvalue weighted by Crippen LogP contribution is 2.15. The second-order valence-electron chi connectivity index (χ2n) is 3.98. The third kappa shape index (κ3) is 4.49. The van der Waals surface area contributed by atoms with Crippen molar-refractivity contribution in [3.63, 3.8) is 0 Å². The quantitative estimate of drug-likeness (QED) is 0.700. The molecule has 0 amide bonds. The zero-order chi connectivity index (χ0) is 12.0. The fraction of sp³-hybridized carbons (Fsp3) is 0.583. The summed E-state index contributed by atoms with van der Waals surface area (Å²) in [5.41, 5.74) is 0. The fourth-order valence-electron chi connectivity index (χ4n) is 1.51. The second-order valence-corrected chi connectivity index (χ2v) is 3.98. The van der Waals surface area contributed by atoms with Gasteiger partial charge in [0.25, 0.3) is 0 Å². The maximum atomic E-state index is 10.3. The van der Waals surface area contributed by atoms with Gasteiger partial charge in [0.2, 0.25) is 0 Å². The number of nitrogens with one attached hydrogen (secondary N) is 1. The zero-order valence-electron chi connectivity index (χ0n) is 9.82. The van der Waals surface area contributed by atoms with Crippen molar-refractivity contribution in [2.45, 2.75) is 39.2 Å². The third-order valence-corrected chi connectivity index (χ3v) is 2.46. The first-order valence-electron chi connectivity index (χ1n) is 5.61. The molecule has 1 aromatic rings. The van der Waals surface area contributed by atoms with Crippen LogP contribution in [0.3, 0.4) is 0 Å². The van der Waals surface area contributed by atoms with E-state index in [4.69, 9.17) is 9.52 Å². The van der Waals surface area contributed by atoms with Gasteiger partial charge in [-0.25, -0.2) is 0 Å². The first-order valence-corrected chi connectivity index (χ1v) is 5.61. The van der Waals surface area contributed by atoms with Crippen LogP contribution >= 0.6 is 0 Å². The van der Waals surface area contributed by atoms with Crippen molar-refractivity contribution < 1.29 is 14.3 Å². The molecule has 0 aliphatic heterocycles. The zero-order valence-corrected chi connectivity index (χ0v) is 9.82. The summed E-state index contributed by atoms with van der Waals surface area (Å²) < 4.78 is 5.48. The lowest BCUT2D eigenvalue weighted by molar-refractivity contribution is -0.137. The van der Waals surface area contributed by atoms with Crippen molar-refractivity contribution in [1.82, 2.24) is 5.32 Å². The number of carbonyl (C=O) groups is 1. The molecule has 0 fully saturated rings. The molecule has 4 nitrogen and oxygen atoms in total. The van der Waals surface area contributed by atoms with Crippen molar-refractivity contribution in [2.24, 2.45) is 0 Å². The van der Waals surface area contributed by atoms with Gasteiger partial charge < -0.3 is 14.8 Å².